The third kappa shape index (κ3) is 2.23. The fourth-order valence-corrected chi connectivity index (χ4v) is 2.18. The van der Waals surface area contributed by atoms with Gasteiger partial charge in [0.15, 0.2) is 5.60 Å². The van der Waals surface area contributed by atoms with Crippen molar-refractivity contribution in [1.82, 2.24) is 0 Å². The van der Waals surface area contributed by atoms with E-state index in [0.29, 0.717) is 19.6 Å². The summed E-state index contributed by atoms with van der Waals surface area (Å²) < 4.78 is 15.8. The Hall–Kier alpha value is -0.610. The van der Waals surface area contributed by atoms with E-state index in [-0.39, 0.29) is 5.97 Å². The maximum atomic E-state index is 11.9. The van der Waals surface area contributed by atoms with Crippen molar-refractivity contribution in [2.75, 3.05) is 20.3 Å². The van der Waals surface area contributed by atoms with Gasteiger partial charge < -0.3 is 14.2 Å². The van der Waals surface area contributed by atoms with E-state index in [9.17, 15) is 4.79 Å². The van der Waals surface area contributed by atoms with Gasteiger partial charge in [-0.1, -0.05) is 13.3 Å². The normalized spacial score (nSPS) is 32.5. The number of carbonyl (C=O) groups is 1. The van der Waals surface area contributed by atoms with Gasteiger partial charge in [0.05, 0.1) is 6.61 Å². The number of hydrogen-bond donors (Lipinski definition) is 0. The number of esters is 1. The number of methoxy groups -OCH3 is 1. The van der Waals surface area contributed by atoms with Crippen molar-refractivity contribution in [2.45, 2.75) is 51.2 Å². The molecule has 1 rings (SSSR count). The number of ether oxygens (including phenoxy) is 3. The summed E-state index contributed by atoms with van der Waals surface area (Å²) in [7, 11) is 1.65. The van der Waals surface area contributed by atoms with E-state index in [2.05, 4.69) is 0 Å². The van der Waals surface area contributed by atoms with Crippen molar-refractivity contribution >= 4 is 5.97 Å². The van der Waals surface area contributed by atoms with Crippen LogP contribution in [0.2, 0.25) is 0 Å². The second kappa shape index (κ2) is 5.15. The van der Waals surface area contributed by atoms with Crippen LogP contribution in [0.4, 0.5) is 0 Å². The summed E-state index contributed by atoms with van der Waals surface area (Å²) in [5, 5.41) is 0. The lowest BCUT2D eigenvalue weighted by Gasteiger charge is -2.14. The minimum atomic E-state index is -0.726. The summed E-state index contributed by atoms with van der Waals surface area (Å²) >= 11 is 0. The molecular formula is C12H22O4. The summed E-state index contributed by atoms with van der Waals surface area (Å²) in [4.78, 5) is 11.9. The van der Waals surface area contributed by atoms with E-state index in [1.54, 1.807) is 7.11 Å². The predicted octanol–water partition coefficient (Wildman–Crippen LogP) is 1.91. The van der Waals surface area contributed by atoms with Gasteiger partial charge in [-0.25, -0.2) is 4.79 Å². The monoisotopic (exact) mass is 230 g/mol. The lowest BCUT2D eigenvalue weighted by molar-refractivity contribution is -0.149. The Labute approximate surface area is 97.2 Å². The number of epoxide rings is 1. The molecule has 1 aliphatic rings. The molecule has 94 valence electrons. The Bertz CT molecular complexity index is 253. The Morgan fingerprint density at radius 2 is 2.00 bits per heavy atom. The van der Waals surface area contributed by atoms with E-state index in [0.717, 1.165) is 12.8 Å². The molecule has 0 amide bonds. The van der Waals surface area contributed by atoms with Gasteiger partial charge in [-0.05, 0) is 20.3 Å². The largest absolute Gasteiger partial charge is 0.464 e. The van der Waals surface area contributed by atoms with Crippen molar-refractivity contribution in [3.8, 4) is 0 Å². The van der Waals surface area contributed by atoms with Crippen LogP contribution in [-0.2, 0) is 19.0 Å². The highest BCUT2D eigenvalue weighted by Gasteiger charge is 2.71. The Balaban J connectivity index is 2.67. The molecule has 2 atom stereocenters. The third-order valence-electron chi connectivity index (χ3n) is 3.20. The van der Waals surface area contributed by atoms with Crippen LogP contribution < -0.4 is 0 Å². The SMILES string of the molecule is CCCC1(C(=O)OCC)OC1(C)CCOC. The molecule has 1 heterocycles. The van der Waals surface area contributed by atoms with Gasteiger partial charge >= 0.3 is 5.97 Å². The lowest BCUT2D eigenvalue weighted by atomic mass is 9.88. The Morgan fingerprint density at radius 1 is 1.31 bits per heavy atom. The Morgan fingerprint density at radius 3 is 2.50 bits per heavy atom. The van der Waals surface area contributed by atoms with Gasteiger partial charge in [0.25, 0.3) is 0 Å². The zero-order chi connectivity index (χ0) is 12.2. The summed E-state index contributed by atoms with van der Waals surface area (Å²) in [6.07, 6.45) is 2.34. The first-order valence-electron chi connectivity index (χ1n) is 5.92. The van der Waals surface area contributed by atoms with Crippen LogP contribution in [0.25, 0.3) is 0 Å². The average Bonchev–Trinajstić information content (AvgIpc) is 2.84. The molecule has 0 aromatic heterocycles. The molecule has 4 heteroatoms. The molecule has 0 spiro atoms. The molecule has 0 aliphatic carbocycles. The topological polar surface area (TPSA) is 48.1 Å². The molecule has 1 aliphatic heterocycles. The minimum Gasteiger partial charge on any atom is -0.464 e. The molecule has 2 unspecified atom stereocenters. The molecule has 4 nitrogen and oxygen atoms in total. The van der Waals surface area contributed by atoms with Crippen LogP contribution in [0, 0.1) is 0 Å². The molecule has 1 saturated heterocycles. The highest BCUT2D eigenvalue weighted by atomic mass is 16.7. The second-order valence-electron chi connectivity index (χ2n) is 4.37. The highest BCUT2D eigenvalue weighted by molar-refractivity contribution is 5.84. The van der Waals surface area contributed by atoms with Crippen LogP contribution >= 0.6 is 0 Å². The van der Waals surface area contributed by atoms with Crippen molar-refractivity contribution in [3.05, 3.63) is 0 Å². The van der Waals surface area contributed by atoms with Gasteiger partial charge in [0, 0.05) is 20.1 Å². The van der Waals surface area contributed by atoms with Crippen LogP contribution in [0.3, 0.4) is 0 Å². The average molecular weight is 230 g/mol. The third-order valence-corrected chi connectivity index (χ3v) is 3.20. The zero-order valence-corrected chi connectivity index (χ0v) is 10.7. The van der Waals surface area contributed by atoms with Gasteiger partial charge in [0.2, 0.25) is 0 Å². The summed E-state index contributed by atoms with van der Waals surface area (Å²) in [5.41, 5.74) is -1.14. The maximum Gasteiger partial charge on any atom is 0.341 e. The molecule has 0 radical (unpaired) electrons. The Kier molecular flexibility index (Phi) is 4.33. The first-order chi connectivity index (χ1) is 7.56. The molecule has 0 N–H and O–H groups in total. The summed E-state index contributed by atoms with van der Waals surface area (Å²) in [6.45, 7) is 6.81. The quantitative estimate of drug-likeness (QED) is 0.495. The summed E-state index contributed by atoms with van der Waals surface area (Å²) in [5.74, 6) is -0.226. The zero-order valence-electron chi connectivity index (χ0n) is 10.7. The molecule has 0 saturated carbocycles. The van der Waals surface area contributed by atoms with Gasteiger partial charge in [-0.15, -0.1) is 0 Å². The molecule has 0 bridgehead atoms. The van der Waals surface area contributed by atoms with E-state index in [1.165, 1.54) is 0 Å². The minimum absolute atomic E-state index is 0.226. The van der Waals surface area contributed by atoms with Crippen molar-refractivity contribution in [1.29, 1.82) is 0 Å². The molecule has 1 fully saturated rings. The first-order valence-corrected chi connectivity index (χ1v) is 5.92. The van der Waals surface area contributed by atoms with E-state index in [4.69, 9.17) is 14.2 Å². The summed E-state index contributed by atoms with van der Waals surface area (Å²) in [6, 6.07) is 0. The van der Waals surface area contributed by atoms with Crippen LogP contribution in [0.5, 0.6) is 0 Å². The van der Waals surface area contributed by atoms with Crippen molar-refractivity contribution < 1.29 is 19.0 Å². The van der Waals surface area contributed by atoms with Crippen LogP contribution in [0.1, 0.15) is 40.0 Å². The number of hydrogen-bond acceptors (Lipinski definition) is 4. The molecular weight excluding hydrogens is 208 g/mol. The smallest absolute Gasteiger partial charge is 0.341 e. The van der Waals surface area contributed by atoms with E-state index in [1.807, 2.05) is 20.8 Å². The van der Waals surface area contributed by atoms with Crippen molar-refractivity contribution in [3.63, 3.8) is 0 Å². The maximum absolute atomic E-state index is 11.9. The van der Waals surface area contributed by atoms with E-state index >= 15 is 0 Å². The fourth-order valence-electron chi connectivity index (χ4n) is 2.18. The molecule has 16 heavy (non-hydrogen) atoms. The van der Waals surface area contributed by atoms with Crippen LogP contribution in [0.15, 0.2) is 0 Å². The number of carbonyl (C=O) groups excluding carboxylic acids is 1. The lowest BCUT2D eigenvalue weighted by Crippen LogP contribution is -2.35. The standard InChI is InChI=1S/C12H22O4/c1-5-7-12(10(13)15-6-2)11(3,16-12)8-9-14-4/h5-9H2,1-4H3. The highest BCUT2D eigenvalue weighted by Crippen LogP contribution is 2.54. The van der Waals surface area contributed by atoms with Gasteiger partial charge in [-0.3, -0.25) is 0 Å². The number of rotatable bonds is 7. The predicted molar refractivity (Wildman–Crippen MR) is 60.3 cm³/mol. The van der Waals surface area contributed by atoms with Crippen molar-refractivity contribution in [2.24, 2.45) is 0 Å². The van der Waals surface area contributed by atoms with Gasteiger partial charge in [-0.2, -0.15) is 0 Å². The molecule has 0 aromatic rings. The van der Waals surface area contributed by atoms with Crippen LogP contribution in [-0.4, -0.2) is 37.5 Å². The van der Waals surface area contributed by atoms with Gasteiger partial charge in [0.1, 0.15) is 5.60 Å². The second-order valence-corrected chi connectivity index (χ2v) is 4.37. The fraction of sp³-hybridized carbons (Fsp3) is 0.917. The first kappa shape index (κ1) is 13.5. The van der Waals surface area contributed by atoms with E-state index < -0.39 is 11.2 Å². The molecule has 0 aromatic carbocycles.